The van der Waals surface area contributed by atoms with Crippen LogP contribution in [0.4, 0.5) is 19.0 Å². The lowest BCUT2D eigenvalue weighted by Crippen LogP contribution is -2.42. The van der Waals surface area contributed by atoms with E-state index < -0.39 is 12.2 Å². The predicted octanol–water partition coefficient (Wildman–Crippen LogP) is 6.14. The standard InChI is InChI=1S/C24H20F3N3O2S/c1-15-10-22-29(9-8-21(24(25,26)27)30(22)28-15)23(31)20-11-16(14-33-20)13-32-19-7-6-17-4-2-3-5-18(17)12-19/h2-7,10-12,14,21H,8-9,13H2,1H3. The molecule has 170 valence electrons. The summed E-state index contributed by atoms with van der Waals surface area (Å²) in [6.45, 7) is 1.89. The molecule has 0 N–H and O–H groups in total. The second-order valence-electron chi connectivity index (χ2n) is 8.01. The first-order valence-electron chi connectivity index (χ1n) is 10.4. The summed E-state index contributed by atoms with van der Waals surface area (Å²) in [6, 6.07) is 15.4. The summed E-state index contributed by atoms with van der Waals surface area (Å²) < 4.78 is 47.1. The lowest BCUT2D eigenvalue weighted by Gasteiger charge is -2.33. The van der Waals surface area contributed by atoms with Crippen LogP contribution in [0.25, 0.3) is 10.8 Å². The maximum absolute atomic E-state index is 13.4. The lowest BCUT2D eigenvalue weighted by atomic mass is 10.1. The molecule has 9 heteroatoms. The number of aryl methyl sites for hydroxylation is 1. The van der Waals surface area contributed by atoms with Gasteiger partial charge in [0, 0.05) is 18.2 Å². The van der Waals surface area contributed by atoms with Crippen LogP contribution < -0.4 is 9.64 Å². The molecule has 1 aliphatic rings. The summed E-state index contributed by atoms with van der Waals surface area (Å²) in [6.07, 6.45) is -4.65. The molecule has 5 nitrogen and oxygen atoms in total. The van der Waals surface area contributed by atoms with Gasteiger partial charge in [-0.25, -0.2) is 4.68 Å². The molecule has 0 fully saturated rings. The quantitative estimate of drug-likeness (QED) is 0.359. The van der Waals surface area contributed by atoms with E-state index in [1.54, 1.807) is 13.0 Å². The molecule has 0 radical (unpaired) electrons. The molecule has 1 aliphatic heterocycles. The highest BCUT2D eigenvalue weighted by atomic mass is 32.1. The first-order valence-corrected chi connectivity index (χ1v) is 11.3. The molecule has 0 saturated heterocycles. The number of halogens is 3. The molecule has 2 aromatic carbocycles. The minimum Gasteiger partial charge on any atom is -0.489 e. The number of nitrogens with zero attached hydrogens (tertiary/aromatic N) is 3. The number of anilines is 1. The van der Waals surface area contributed by atoms with Crippen molar-refractivity contribution in [1.29, 1.82) is 0 Å². The Bertz CT molecular complexity index is 1330. The van der Waals surface area contributed by atoms with Gasteiger partial charge in [0.2, 0.25) is 0 Å². The van der Waals surface area contributed by atoms with E-state index in [0.29, 0.717) is 10.6 Å². The van der Waals surface area contributed by atoms with Crippen LogP contribution in [-0.2, 0) is 6.61 Å². The van der Waals surface area contributed by atoms with Crippen molar-refractivity contribution in [3.05, 3.63) is 76.1 Å². The van der Waals surface area contributed by atoms with Crippen molar-refractivity contribution in [2.24, 2.45) is 0 Å². The Morgan fingerprint density at radius 2 is 1.94 bits per heavy atom. The van der Waals surface area contributed by atoms with Gasteiger partial charge in [-0.05, 0) is 47.7 Å². The molecule has 4 aromatic rings. The van der Waals surface area contributed by atoms with Crippen LogP contribution in [0, 0.1) is 6.92 Å². The largest absolute Gasteiger partial charge is 0.489 e. The molecule has 0 aliphatic carbocycles. The van der Waals surface area contributed by atoms with Crippen molar-refractivity contribution in [1.82, 2.24) is 9.78 Å². The fraction of sp³-hybridized carbons (Fsp3) is 0.250. The van der Waals surface area contributed by atoms with E-state index in [1.165, 1.54) is 22.3 Å². The minimum absolute atomic E-state index is 0.0189. The van der Waals surface area contributed by atoms with Crippen LogP contribution in [0.5, 0.6) is 5.75 Å². The second-order valence-corrected chi connectivity index (χ2v) is 8.92. The molecule has 0 saturated carbocycles. The van der Waals surface area contributed by atoms with Crippen molar-refractivity contribution in [3.8, 4) is 5.75 Å². The minimum atomic E-state index is -4.42. The molecule has 0 spiro atoms. The van der Waals surface area contributed by atoms with E-state index in [4.69, 9.17) is 4.74 Å². The van der Waals surface area contributed by atoms with Gasteiger partial charge in [0.05, 0.1) is 10.6 Å². The summed E-state index contributed by atoms with van der Waals surface area (Å²) in [4.78, 5) is 15.0. The summed E-state index contributed by atoms with van der Waals surface area (Å²) in [5.41, 5.74) is 1.26. The predicted molar refractivity (Wildman–Crippen MR) is 121 cm³/mol. The van der Waals surface area contributed by atoms with Crippen molar-refractivity contribution >= 4 is 33.8 Å². The highest BCUT2D eigenvalue weighted by Crippen LogP contribution is 2.40. The van der Waals surface area contributed by atoms with Gasteiger partial charge in [-0.3, -0.25) is 9.69 Å². The molecule has 33 heavy (non-hydrogen) atoms. The van der Waals surface area contributed by atoms with Gasteiger partial charge in [-0.1, -0.05) is 30.3 Å². The Hall–Kier alpha value is -3.33. The van der Waals surface area contributed by atoms with E-state index >= 15 is 0 Å². The monoisotopic (exact) mass is 471 g/mol. The number of hydrogen-bond donors (Lipinski definition) is 0. The normalized spacial score (nSPS) is 16.1. The topological polar surface area (TPSA) is 47.4 Å². The highest BCUT2D eigenvalue weighted by Gasteiger charge is 2.46. The zero-order valence-corrected chi connectivity index (χ0v) is 18.5. The molecule has 3 heterocycles. The average molecular weight is 472 g/mol. The Morgan fingerprint density at radius 3 is 2.73 bits per heavy atom. The van der Waals surface area contributed by atoms with Gasteiger partial charge in [0.1, 0.15) is 18.2 Å². The highest BCUT2D eigenvalue weighted by molar-refractivity contribution is 7.12. The van der Waals surface area contributed by atoms with Crippen LogP contribution >= 0.6 is 11.3 Å². The number of fused-ring (bicyclic) bond motifs is 2. The SMILES string of the molecule is Cc1cc2n(n1)C(C(F)(F)F)CCN2C(=O)c1cc(COc2ccc3ccccc3c2)cs1. The molecular weight excluding hydrogens is 451 g/mol. The summed E-state index contributed by atoms with van der Waals surface area (Å²) >= 11 is 1.25. The van der Waals surface area contributed by atoms with Gasteiger partial charge in [0.25, 0.3) is 5.91 Å². The fourth-order valence-electron chi connectivity index (χ4n) is 4.05. The summed E-state index contributed by atoms with van der Waals surface area (Å²) in [5.74, 6) is 0.563. The molecule has 1 amide bonds. The van der Waals surface area contributed by atoms with Crippen molar-refractivity contribution < 1.29 is 22.7 Å². The van der Waals surface area contributed by atoms with Crippen LogP contribution in [0.3, 0.4) is 0 Å². The number of carbonyl (C=O) groups excluding carboxylic acids is 1. The van der Waals surface area contributed by atoms with Crippen LogP contribution in [-0.4, -0.2) is 28.4 Å². The average Bonchev–Trinajstić information content (AvgIpc) is 3.41. The van der Waals surface area contributed by atoms with Gasteiger partial charge in [0.15, 0.2) is 6.04 Å². The number of amides is 1. The first kappa shape index (κ1) is 21.5. The summed E-state index contributed by atoms with van der Waals surface area (Å²) in [7, 11) is 0. The maximum Gasteiger partial charge on any atom is 0.410 e. The Morgan fingerprint density at radius 1 is 1.15 bits per heavy atom. The first-order chi connectivity index (χ1) is 15.8. The maximum atomic E-state index is 13.4. The molecule has 1 unspecified atom stereocenters. The van der Waals surface area contributed by atoms with Crippen LogP contribution in [0.1, 0.15) is 33.4 Å². The van der Waals surface area contributed by atoms with E-state index in [9.17, 15) is 18.0 Å². The van der Waals surface area contributed by atoms with E-state index in [2.05, 4.69) is 5.10 Å². The van der Waals surface area contributed by atoms with Crippen LogP contribution in [0.15, 0.2) is 60.0 Å². The molecule has 2 aromatic heterocycles. The number of hydrogen-bond acceptors (Lipinski definition) is 4. The van der Waals surface area contributed by atoms with E-state index in [-0.39, 0.29) is 31.3 Å². The van der Waals surface area contributed by atoms with Crippen molar-refractivity contribution in [2.75, 3.05) is 11.4 Å². The third-order valence-corrected chi connectivity index (χ3v) is 6.62. The number of benzene rings is 2. The van der Waals surface area contributed by atoms with Crippen LogP contribution in [0.2, 0.25) is 0 Å². The number of rotatable bonds is 4. The zero-order chi connectivity index (χ0) is 23.2. The van der Waals surface area contributed by atoms with Crippen molar-refractivity contribution in [3.63, 3.8) is 0 Å². The smallest absolute Gasteiger partial charge is 0.410 e. The third-order valence-electron chi connectivity index (χ3n) is 5.65. The Kier molecular flexibility index (Phi) is 5.36. The number of thiophene rings is 1. The molecule has 0 bridgehead atoms. The number of alkyl halides is 3. The molecule has 5 rings (SSSR count). The third kappa shape index (κ3) is 4.20. The summed E-state index contributed by atoms with van der Waals surface area (Å²) in [5, 5.41) is 8.03. The van der Waals surface area contributed by atoms with Gasteiger partial charge in [-0.2, -0.15) is 18.3 Å². The van der Waals surface area contributed by atoms with Gasteiger partial charge >= 0.3 is 6.18 Å². The number of carbonyl (C=O) groups is 1. The second kappa shape index (κ2) is 8.22. The van der Waals surface area contributed by atoms with E-state index in [0.717, 1.165) is 26.8 Å². The molecule has 1 atom stereocenters. The Labute approximate surface area is 192 Å². The zero-order valence-electron chi connectivity index (χ0n) is 17.7. The Balaban J connectivity index is 1.31. The van der Waals surface area contributed by atoms with Crippen molar-refractivity contribution in [2.45, 2.75) is 32.2 Å². The van der Waals surface area contributed by atoms with E-state index in [1.807, 2.05) is 47.8 Å². The molecular formula is C24H20F3N3O2S. The van der Waals surface area contributed by atoms with Gasteiger partial charge < -0.3 is 4.74 Å². The number of aromatic nitrogens is 2. The fourth-order valence-corrected chi connectivity index (χ4v) is 4.90. The lowest BCUT2D eigenvalue weighted by molar-refractivity contribution is -0.172. The number of ether oxygens (including phenoxy) is 1. The van der Waals surface area contributed by atoms with Gasteiger partial charge in [-0.15, -0.1) is 11.3 Å².